The Labute approximate surface area is 260 Å². The van der Waals surface area contributed by atoms with Crippen LogP contribution in [0.2, 0.25) is 0 Å². The molecule has 0 spiro atoms. The molecule has 4 aromatic carbocycles. The average Bonchev–Trinajstić information content (AvgIpc) is 3.00. The van der Waals surface area contributed by atoms with Gasteiger partial charge in [-0.15, -0.1) is 0 Å². The van der Waals surface area contributed by atoms with Gasteiger partial charge in [-0.05, 0) is 73.2 Å². The fourth-order valence-electron chi connectivity index (χ4n) is 5.81. The summed E-state index contributed by atoms with van der Waals surface area (Å²) in [5.41, 5.74) is 9.46. The normalized spacial score (nSPS) is 15.7. The summed E-state index contributed by atoms with van der Waals surface area (Å²) in [4.78, 5) is 21.7. The van der Waals surface area contributed by atoms with Crippen molar-refractivity contribution in [2.24, 2.45) is 0 Å². The molecule has 45 heavy (non-hydrogen) atoms. The van der Waals surface area contributed by atoms with Gasteiger partial charge in [-0.25, -0.2) is 17.2 Å². The monoisotopic (exact) mass is 627 g/mol. The molecule has 1 atom stereocenters. The van der Waals surface area contributed by atoms with Crippen molar-refractivity contribution in [3.05, 3.63) is 120 Å². The number of amides is 1. The zero-order valence-corrected chi connectivity index (χ0v) is 25.3. The van der Waals surface area contributed by atoms with Gasteiger partial charge in [0, 0.05) is 77.9 Å². The van der Waals surface area contributed by atoms with Gasteiger partial charge in [0.15, 0.2) is 0 Å². The summed E-state index contributed by atoms with van der Waals surface area (Å²) in [6, 6.07) is 23.5. The fraction of sp³-hybridized carbons (Fsp3) is 0.176. The van der Waals surface area contributed by atoms with Gasteiger partial charge in [0.1, 0.15) is 11.6 Å². The highest BCUT2D eigenvalue weighted by Gasteiger charge is 2.28. The van der Waals surface area contributed by atoms with Crippen LogP contribution in [0.3, 0.4) is 0 Å². The molecule has 11 heteroatoms. The maximum absolute atomic E-state index is 13.7. The molecule has 230 valence electrons. The fourth-order valence-corrected chi connectivity index (χ4v) is 7.07. The largest absolute Gasteiger partial charge is 0.399 e. The number of hydrogen-bond acceptors (Lipinski definition) is 6. The minimum atomic E-state index is -4.06. The van der Waals surface area contributed by atoms with Crippen molar-refractivity contribution in [3.63, 3.8) is 0 Å². The zero-order valence-electron chi connectivity index (χ0n) is 24.5. The number of fused-ring (bicyclic) bond motifs is 1. The van der Waals surface area contributed by atoms with Gasteiger partial charge in [0.05, 0.1) is 10.4 Å². The van der Waals surface area contributed by atoms with E-state index < -0.39 is 21.7 Å². The summed E-state index contributed by atoms with van der Waals surface area (Å²) in [7, 11) is -4.06. The van der Waals surface area contributed by atoms with Crippen LogP contribution in [0.1, 0.15) is 22.8 Å². The van der Waals surface area contributed by atoms with Gasteiger partial charge < -0.3 is 10.6 Å². The second-order valence-corrected chi connectivity index (χ2v) is 12.8. The van der Waals surface area contributed by atoms with Crippen molar-refractivity contribution < 1.29 is 22.0 Å². The van der Waals surface area contributed by atoms with Crippen LogP contribution in [0.4, 0.5) is 20.2 Å². The third kappa shape index (κ3) is 6.50. The number of nitrogens with two attached hydrogens (primary N) is 1. The maximum atomic E-state index is 13.7. The second-order valence-electron chi connectivity index (χ2n) is 11.2. The van der Waals surface area contributed by atoms with Gasteiger partial charge in [-0.1, -0.05) is 24.3 Å². The number of rotatable bonds is 7. The van der Waals surface area contributed by atoms with Gasteiger partial charge in [-0.2, -0.15) is 0 Å². The van der Waals surface area contributed by atoms with Gasteiger partial charge in [-0.3, -0.25) is 19.4 Å². The van der Waals surface area contributed by atoms with Crippen molar-refractivity contribution in [1.29, 1.82) is 0 Å². The molecule has 5 aromatic rings. The smallest absolute Gasteiger partial charge is 0.262 e. The maximum Gasteiger partial charge on any atom is 0.262 e. The molecule has 3 N–H and O–H groups in total. The van der Waals surface area contributed by atoms with Crippen LogP contribution in [0.25, 0.3) is 22.0 Å². The first-order chi connectivity index (χ1) is 21.6. The first-order valence-electron chi connectivity index (χ1n) is 14.4. The zero-order chi connectivity index (χ0) is 31.7. The third-order valence-corrected chi connectivity index (χ3v) is 9.34. The van der Waals surface area contributed by atoms with E-state index in [1.807, 2.05) is 37.3 Å². The summed E-state index contributed by atoms with van der Waals surface area (Å²) in [6.45, 7) is 3.83. The first-order valence-corrected chi connectivity index (χ1v) is 15.9. The number of nitrogens with one attached hydrogen (secondary N) is 1. The predicted molar refractivity (Wildman–Crippen MR) is 171 cm³/mol. The van der Waals surface area contributed by atoms with Crippen LogP contribution >= 0.6 is 0 Å². The molecule has 0 saturated carbocycles. The minimum Gasteiger partial charge on any atom is -0.399 e. The number of hydrogen-bond donors (Lipinski definition) is 2. The number of carbonyl (C=O) groups excluding carboxylic acids is 1. The summed E-state index contributed by atoms with van der Waals surface area (Å²) in [5.74, 6) is -1.42. The Morgan fingerprint density at radius 1 is 0.933 bits per heavy atom. The lowest BCUT2D eigenvalue weighted by Crippen LogP contribution is -2.53. The SMILES string of the molecule is C[C@H]1CN(Cc2cc(F)cc(F)c2)CCN1C(=O)c1ccc(NS(=O)(=O)c2ccc(N)cc2-c2cccc3cccnc23)cc1. The number of pyridine rings is 1. The number of nitrogens with zero attached hydrogens (tertiary/aromatic N) is 3. The molecular weight excluding hydrogens is 596 g/mol. The lowest BCUT2D eigenvalue weighted by atomic mass is 10.0. The van der Waals surface area contributed by atoms with Gasteiger partial charge in [0.25, 0.3) is 15.9 Å². The van der Waals surface area contributed by atoms with E-state index in [-0.39, 0.29) is 16.8 Å². The summed E-state index contributed by atoms with van der Waals surface area (Å²) < 4.78 is 57.2. The van der Waals surface area contributed by atoms with Crippen molar-refractivity contribution in [1.82, 2.24) is 14.8 Å². The van der Waals surface area contributed by atoms with E-state index in [9.17, 15) is 22.0 Å². The number of nitrogen functional groups attached to an aromatic ring is 1. The Kier molecular flexibility index (Phi) is 8.22. The number of piperazine rings is 1. The Morgan fingerprint density at radius 2 is 1.67 bits per heavy atom. The van der Waals surface area contributed by atoms with Crippen molar-refractivity contribution in [3.8, 4) is 11.1 Å². The van der Waals surface area contributed by atoms with E-state index in [1.54, 1.807) is 41.4 Å². The molecule has 2 heterocycles. The molecular formula is C34H31F2N5O3S. The number of halogens is 2. The minimum absolute atomic E-state index is 0.0441. The molecule has 8 nitrogen and oxygen atoms in total. The average molecular weight is 628 g/mol. The standard InChI is InChI=1S/C34H31F2N5O3S/c1-22-20-40(21-23-16-26(35)18-27(36)17-23)14-15-41(22)34(42)25-7-10-29(11-8-25)39-45(43,44)32-12-9-28(37)19-31(32)30-6-2-4-24-5-3-13-38-33(24)30/h2-13,16-19,22,39H,14-15,20-21,37H2,1H3/t22-/m0/s1. The molecule has 0 radical (unpaired) electrons. The number of benzene rings is 4. The molecule has 1 fully saturated rings. The third-order valence-electron chi connectivity index (χ3n) is 7.90. The Hall–Kier alpha value is -4.87. The Morgan fingerprint density at radius 3 is 2.40 bits per heavy atom. The van der Waals surface area contributed by atoms with Gasteiger partial charge in [0.2, 0.25) is 0 Å². The molecule has 0 unspecified atom stereocenters. The quantitative estimate of drug-likeness (QED) is 0.217. The van der Waals surface area contributed by atoms with Crippen LogP contribution in [0.15, 0.2) is 102 Å². The lowest BCUT2D eigenvalue weighted by molar-refractivity contribution is 0.0475. The van der Waals surface area contributed by atoms with Crippen molar-refractivity contribution in [2.45, 2.75) is 24.4 Å². The first kappa shape index (κ1) is 30.2. The highest BCUT2D eigenvalue weighted by atomic mass is 32.2. The van der Waals surface area contributed by atoms with Crippen molar-refractivity contribution in [2.75, 3.05) is 30.1 Å². The van der Waals surface area contributed by atoms with Crippen LogP contribution < -0.4 is 10.5 Å². The molecule has 0 aliphatic carbocycles. The van der Waals surface area contributed by atoms with Crippen LogP contribution in [-0.2, 0) is 16.6 Å². The van der Waals surface area contributed by atoms with Gasteiger partial charge >= 0.3 is 0 Å². The van der Waals surface area contributed by atoms with E-state index >= 15 is 0 Å². The van der Waals surface area contributed by atoms with Crippen LogP contribution in [-0.4, -0.2) is 54.8 Å². The second kappa shape index (κ2) is 12.3. The van der Waals surface area contributed by atoms with E-state index in [2.05, 4.69) is 14.6 Å². The highest BCUT2D eigenvalue weighted by molar-refractivity contribution is 7.92. The van der Waals surface area contributed by atoms with E-state index in [1.165, 1.54) is 24.3 Å². The van der Waals surface area contributed by atoms with Crippen LogP contribution in [0.5, 0.6) is 0 Å². The predicted octanol–water partition coefficient (Wildman–Crippen LogP) is 5.91. The van der Waals surface area contributed by atoms with E-state index in [0.29, 0.717) is 65.3 Å². The molecule has 0 bridgehead atoms. The number of aromatic nitrogens is 1. The number of sulfonamides is 1. The molecule has 6 rings (SSSR count). The molecule has 1 saturated heterocycles. The highest BCUT2D eigenvalue weighted by Crippen LogP contribution is 2.34. The number of para-hydroxylation sites is 1. The molecule has 1 aromatic heterocycles. The van der Waals surface area contributed by atoms with E-state index in [4.69, 9.17) is 5.73 Å². The summed E-state index contributed by atoms with van der Waals surface area (Å²) in [5, 5.41) is 0.867. The summed E-state index contributed by atoms with van der Waals surface area (Å²) in [6.07, 6.45) is 1.66. The van der Waals surface area contributed by atoms with Crippen molar-refractivity contribution >= 4 is 38.2 Å². The number of anilines is 2. The Bertz CT molecular complexity index is 1980. The summed E-state index contributed by atoms with van der Waals surface area (Å²) >= 11 is 0. The lowest BCUT2D eigenvalue weighted by Gasteiger charge is -2.40. The molecule has 1 amide bonds. The number of carbonyl (C=O) groups is 1. The Balaban J connectivity index is 1.16. The van der Waals surface area contributed by atoms with Crippen LogP contribution in [0, 0.1) is 11.6 Å². The topological polar surface area (TPSA) is 109 Å². The molecule has 1 aliphatic rings. The molecule has 1 aliphatic heterocycles. The van der Waals surface area contributed by atoms with E-state index in [0.717, 1.165) is 11.5 Å².